The summed E-state index contributed by atoms with van der Waals surface area (Å²) in [6, 6.07) is 8.30. The van der Waals surface area contributed by atoms with Gasteiger partial charge in [-0.2, -0.15) is 5.26 Å². The van der Waals surface area contributed by atoms with Crippen LogP contribution in [0, 0.1) is 17.1 Å². The first kappa shape index (κ1) is 11.2. The van der Waals surface area contributed by atoms with Crippen LogP contribution < -0.4 is 0 Å². The second-order valence-corrected chi connectivity index (χ2v) is 5.40. The van der Waals surface area contributed by atoms with Crippen molar-refractivity contribution < 1.29 is 4.39 Å². The van der Waals surface area contributed by atoms with Gasteiger partial charge in [0.2, 0.25) is 0 Å². The number of halogens is 2. The molecule has 2 aromatic rings. The number of thiazole rings is 1. The van der Waals surface area contributed by atoms with Crippen LogP contribution in [0.5, 0.6) is 0 Å². The van der Waals surface area contributed by atoms with Crippen LogP contribution >= 0.6 is 27.3 Å². The smallest absolute Gasteiger partial charge is 0.124 e. The zero-order chi connectivity index (χ0) is 11.5. The summed E-state index contributed by atoms with van der Waals surface area (Å²) in [5.74, 6) is -0.286. The molecular weight excluding hydrogens is 291 g/mol. The Balaban J connectivity index is 2.42. The van der Waals surface area contributed by atoms with Gasteiger partial charge >= 0.3 is 0 Å². The lowest BCUT2D eigenvalue weighted by Gasteiger charge is -1.94. The van der Waals surface area contributed by atoms with E-state index in [0.717, 1.165) is 14.4 Å². The molecule has 5 heteroatoms. The standard InChI is InChI=1S/C11H6BrFN2S/c12-10-9(4-5-14)15-11(16-10)7-2-1-3-8(13)6-7/h1-3,6H,4H2. The Morgan fingerprint density at radius 1 is 1.50 bits per heavy atom. The Kier molecular flexibility index (Phi) is 3.32. The minimum absolute atomic E-state index is 0.256. The van der Waals surface area contributed by atoms with Crippen molar-refractivity contribution in [2.75, 3.05) is 0 Å². The zero-order valence-electron chi connectivity index (χ0n) is 8.08. The van der Waals surface area contributed by atoms with Crippen molar-refractivity contribution >= 4 is 27.3 Å². The van der Waals surface area contributed by atoms with Gasteiger partial charge in [-0.25, -0.2) is 9.37 Å². The molecule has 0 radical (unpaired) electrons. The highest BCUT2D eigenvalue weighted by molar-refractivity contribution is 9.11. The van der Waals surface area contributed by atoms with E-state index in [-0.39, 0.29) is 12.2 Å². The fraction of sp³-hybridized carbons (Fsp3) is 0.0909. The summed E-state index contributed by atoms with van der Waals surface area (Å²) >= 11 is 4.75. The molecule has 0 atom stereocenters. The number of nitriles is 1. The average molecular weight is 297 g/mol. The summed E-state index contributed by atoms with van der Waals surface area (Å²) in [6.07, 6.45) is 0.256. The van der Waals surface area contributed by atoms with Crippen molar-refractivity contribution in [2.45, 2.75) is 6.42 Å². The molecule has 0 aliphatic heterocycles. The predicted octanol–water partition coefficient (Wildman–Crippen LogP) is 3.78. The molecule has 0 saturated heterocycles. The van der Waals surface area contributed by atoms with Gasteiger partial charge in [-0.3, -0.25) is 0 Å². The van der Waals surface area contributed by atoms with E-state index < -0.39 is 0 Å². The fourth-order valence-corrected chi connectivity index (χ4v) is 2.76. The minimum atomic E-state index is -0.286. The van der Waals surface area contributed by atoms with E-state index in [1.54, 1.807) is 12.1 Å². The van der Waals surface area contributed by atoms with E-state index in [1.807, 2.05) is 6.07 Å². The summed E-state index contributed by atoms with van der Waals surface area (Å²) < 4.78 is 13.8. The Bertz CT molecular complexity index is 559. The Morgan fingerprint density at radius 2 is 2.31 bits per heavy atom. The molecule has 80 valence electrons. The van der Waals surface area contributed by atoms with Crippen molar-refractivity contribution in [3.05, 3.63) is 39.6 Å². The van der Waals surface area contributed by atoms with Gasteiger partial charge in [0.15, 0.2) is 0 Å². The van der Waals surface area contributed by atoms with Gasteiger partial charge in [0.25, 0.3) is 0 Å². The molecule has 0 bridgehead atoms. The minimum Gasteiger partial charge on any atom is -0.239 e. The molecule has 0 unspecified atom stereocenters. The van der Waals surface area contributed by atoms with Crippen LogP contribution in [0.25, 0.3) is 10.6 Å². The number of nitrogens with zero attached hydrogens (tertiary/aromatic N) is 2. The van der Waals surface area contributed by atoms with Gasteiger partial charge in [-0.1, -0.05) is 12.1 Å². The quantitative estimate of drug-likeness (QED) is 0.846. The third-order valence-electron chi connectivity index (χ3n) is 1.97. The third kappa shape index (κ3) is 2.29. The molecule has 0 fully saturated rings. The van der Waals surface area contributed by atoms with E-state index in [9.17, 15) is 4.39 Å². The monoisotopic (exact) mass is 296 g/mol. The first-order chi connectivity index (χ1) is 7.70. The summed E-state index contributed by atoms with van der Waals surface area (Å²) in [7, 11) is 0. The molecule has 0 aliphatic carbocycles. The summed E-state index contributed by atoms with van der Waals surface area (Å²) in [5, 5.41) is 9.32. The van der Waals surface area contributed by atoms with E-state index in [0.29, 0.717) is 5.69 Å². The van der Waals surface area contributed by atoms with Crippen LogP contribution in [0.3, 0.4) is 0 Å². The SMILES string of the molecule is N#CCc1nc(-c2cccc(F)c2)sc1Br. The van der Waals surface area contributed by atoms with Crippen LogP contribution in [-0.4, -0.2) is 4.98 Å². The second kappa shape index (κ2) is 4.73. The largest absolute Gasteiger partial charge is 0.239 e. The molecule has 1 heterocycles. The van der Waals surface area contributed by atoms with Crippen LogP contribution in [0.4, 0.5) is 4.39 Å². The van der Waals surface area contributed by atoms with Crippen molar-refractivity contribution in [2.24, 2.45) is 0 Å². The predicted molar refractivity (Wildman–Crippen MR) is 64.5 cm³/mol. The Labute approximate surface area is 105 Å². The summed E-state index contributed by atoms with van der Waals surface area (Å²) in [5.41, 5.74) is 1.43. The lowest BCUT2D eigenvalue weighted by molar-refractivity contribution is 0.628. The molecule has 16 heavy (non-hydrogen) atoms. The zero-order valence-corrected chi connectivity index (χ0v) is 10.5. The maximum atomic E-state index is 13.0. The lowest BCUT2D eigenvalue weighted by Crippen LogP contribution is -1.83. The molecule has 1 aromatic heterocycles. The van der Waals surface area contributed by atoms with E-state index in [2.05, 4.69) is 20.9 Å². The molecule has 1 aromatic carbocycles. The third-order valence-corrected chi connectivity index (χ3v) is 3.85. The number of benzene rings is 1. The first-order valence-electron chi connectivity index (χ1n) is 4.49. The summed E-state index contributed by atoms with van der Waals surface area (Å²) in [4.78, 5) is 4.29. The topological polar surface area (TPSA) is 36.7 Å². The van der Waals surface area contributed by atoms with Crippen molar-refractivity contribution in [1.29, 1.82) is 5.26 Å². The number of rotatable bonds is 2. The highest BCUT2D eigenvalue weighted by atomic mass is 79.9. The van der Waals surface area contributed by atoms with Gasteiger partial charge in [0.05, 0.1) is 22.0 Å². The average Bonchev–Trinajstić information content (AvgIpc) is 2.61. The van der Waals surface area contributed by atoms with E-state index >= 15 is 0 Å². The fourth-order valence-electron chi connectivity index (χ4n) is 1.26. The number of hydrogen-bond donors (Lipinski definition) is 0. The molecular formula is C11H6BrFN2S. The van der Waals surface area contributed by atoms with Crippen molar-refractivity contribution in [1.82, 2.24) is 4.98 Å². The molecule has 0 amide bonds. The number of aromatic nitrogens is 1. The maximum Gasteiger partial charge on any atom is 0.124 e. The van der Waals surface area contributed by atoms with Crippen LogP contribution in [0.2, 0.25) is 0 Å². The molecule has 0 spiro atoms. The van der Waals surface area contributed by atoms with Gasteiger partial charge < -0.3 is 0 Å². The Morgan fingerprint density at radius 3 is 3.00 bits per heavy atom. The van der Waals surface area contributed by atoms with Gasteiger partial charge in [-0.15, -0.1) is 11.3 Å². The molecule has 2 rings (SSSR count). The second-order valence-electron chi connectivity index (χ2n) is 3.08. The Hall–Kier alpha value is -1.25. The van der Waals surface area contributed by atoms with Gasteiger partial charge in [-0.05, 0) is 28.1 Å². The first-order valence-corrected chi connectivity index (χ1v) is 6.10. The van der Waals surface area contributed by atoms with Crippen LogP contribution in [-0.2, 0) is 6.42 Å². The molecule has 0 N–H and O–H groups in total. The lowest BCUT2D eigenvalue weighted by atomic mass is 10.2. The molecule has 0 aliphatic rings. The van der Waals surface area contributed by atoms with E-state index in [4.69, 9.17) is 5.26 Å². The van der Waals surface area contributed by atoms with Crippen molar-refractivity contribution in [3.63, 3.8) is 0 Å². The van der Waals surface area contributed by atoms with Crippen LogP contribution in [0.15, 0.2) is 28.1 Å². The van der Waals surface area contributed by atoms with Crippen LogP contribution in [0.1, 0.15) is 5.69 Å². The normalized spacial score (nSPS) is 10.1. The summed E-state index contributed by atoms with van der Waals surface area (Å²) in [6.45, 7) is 0. The van der Waals surface area contributed by atoms with Gasteiger partial charge in [0.1, 0.15) is 10.8 Å². The molecule has 2 nitrogen and oxygen atoms in total. The number of hydrogen-bond acceptors (Lipinski definition) is 3. The highest BCUT2D eigenvalue weighted by Gasteiger charge is 2.10. The van der Waals surface area contributed by atoms with Gasteiger partial charge in [0, 0.05) is 5.56 Å². The maximum absolute atomic E-state index is 13.0. The molecule has 0 saturated carbocycles. The highest BCUT2D eigenvalue weighted by Crippen LogP contribution is 2.32. The van der Waals surface area contributed by atoms with E-state index in [1.165, 1.54) is 23.5 Å². The van der Waals surface area contributed by atoms with Crippen molar-refractivity contribution in [3.8, 4) is 16.6 Å².